The van der Waals surface area contributed by atoms with Crippen molar-refractivity contribution in [3.63, 3.8) is 0 Å². The van der Waals surface area contributed by atoms with Gasteiger partial charge in [-0.15, -0.1) is 11.3 Å². The number of sulfonamides is 1. The van der Waals surface area contributed by atoms with Crippen molar-refractivity contribution in [2.45, 2.75) is 44.6 Å². The van der Waals surface area contributed by atoms with Crippen molar-refractivity contribution in [3.8, 4) is 0 Å². The van der Waals surface area contributed by atoms with Crippen LogP contribution in [0.25, 0.3) is 0 Å². The Hall–Kier alpha value is -1.81. The fourth-order valence-electron chi connectivity index (χ4n) is 4.40. The van der Waals surface area contributed by atoms with Crippen LogP contribution in [0.15, 0.2) is 34.5 Å². The number of carbonyl (C=O) groups is 1. The van der Waals surface area contributed by atoms with Crippen molar-refractivity contribution < 1.29 is 13.2 Å². The van der Waals surface area contributed by atoms with Gasteiger partial charge in [-0.25, -0.2) is 13.4 Å². The zero-order valence-electron chi connectivity index (χ0n) is 18.9. The second kappa shape index (κ2) is 9.99. The summed E-state index contributed by atoms with van der Waals surface area (Å²) in [5.74, 6) is 0.0932. The Balaban J connectivity index is 1.26. The smallest absolute Gasteiger partial charge is 0.243 e. The van der Waals surface area contributed by atoms with Crippen molar-refractivity contribution in [3.05, 3.63) is 45.9 Å². The van der Waals surface area contributed by atoms with Gasteiger partial charge in [0.2, 0.25) is 15.9 Å². The Bertz CT molecular complexity index is 1020. The summed E-state index contributed by atoms with van der Waals surface area (Å²) < 4.78 is 27.3. The lowest BCUT2D eigenvalue weighted by Gasteiger charge is -2.38. The lowest BCUT2D eigenvalue weighted by Crippen LogP contribution is -2.51. The predicted molar refractivity (Wildman–Crippen MR) is 126 cm³/mol. The van der Waals surface area contributed by atoms with Crippen LogP contribution < -0.4 is 0 Å². The molecule has 7 nitrogen and oxygen atoms in total. The first-order chi connectivity index (χ1) is 15.4. The van der Waals surface area contributed by atoms with Gasteiger partial charge in [0.25, 0.3) is 0 Å². The normalized spacial score (nSPS) is 19.4. The fourth-order valence-corrected chi connectivity index (χ4v) is 6.61. The third-order valence-electron chi connectivity index (χ3n) is 6.43. The number of piperidine rings is 1. The standard InChI is InChI=1S/C23H32N4O3S2/c1-3-22-24-20(17-31-22)16-25-12-14-26(15-13-25)23(28)19-8-10-27(11-9-19)32(29,30)21-6-4-18(2)5-7-21/h4-7,17,19H,3,8-16H2,1-2H3. The number of carbonyl (C=O) groups excluding carboxylic acids is 1. The quantitative estimate of drug-likeness (QED) is 0.641. The average Bonchev–Trinajstić information content (AvgIpc) is 3.27. The molecule has 2 aromatic rings. The van der Waals surface area contributed by atoms with Gasteiger partial charge in [-0.05, 0) is 38.3 Å². The lowest BCUT2D eigenvalue weighted by atomic mass is 9.96. The highest BCUT2D eigenvalue weighted by Gasteiger charge is 2.34. The molecule has 2 aliphatic heterocycles. The molecule has 32 heavy (non-hydrogen) atoms. The molecule has 0 spiro atoms. The topological polar surface area (TPSA) is 73.8 Å². The summed E-state index contributed by atoms with van der Waals surface area (Å²) in [6.07, 6.45) is 2.14. The van der Waals surface area contributed by atoms with Gasteiger partial charge in [0.15, 0.2) is 0 Å². The molecule has 0 N–H and O–H groups in total. The number of aromatic nitrogens is 1. The minimum atomic E-state index is -3.49. The third-order valence-corrected chi connectivity index (χ3v) is 9.39. The summed E-state index contributed by atoms with van der Waals surface area (Å²) in [6, 6.07) is 6.96. The number of hydrogen-bond acceptors (Lipinski definition) is 6. The molecule has 2 aliphatic rings. The van der Waals surface area contributed by atoms with Crippen LogP contribution in [0, 0.1) is 12.8 Å². The van der Waals surface area contributed by atoms with Gasteiger partial charge in [-0.1, -0.05) is 24.6 Å². The Morgan fingerprint density at radius 1 is 1.06 bits per heavy atom. The van der Waals surface area contributed by atoms with Gasteiger partial charge in [0.05, 0.1) is 15.6 Å². The zero-order valence-corrected chi connectivity index (χ0v) is 20.5. The van der Waals surface area contributed by atoms with Crippen LogP contribution >= 0.6 is 11.3 Å². The first kappa shape index (κ1) is 23.4. The molecule has 0 aliphatic carbocycles. The van der Waals surface area contributed by atoms with E-state index in [0.29, 0.717) is 30.8 Å². The van der Waals surface area contributed by atoms with Crippen LogP contribution in [0.4, 0.5) is 0 Å². The van der Waals surface area contributed by atoms with Crippen molar-refractivity contribution in [1.29, 1.82) is 0 Å². The summed E-state index contributed by atoms with van der Waals surface area (Å²) in [7, 11) is -3.49. The Morgan fingerprint density at radius 3 is 2.31 bits per heavy atom. The van der Waals surface area contributed by atoms with E-state index in [4.69, 9.17) is 0 Å². The number of aryl methyl sites for hydroxylation is 2. The van der Waals surface area contributed by atoms with E-state index in [-0.39, 0.29) is 11.8 Å². The fraction of sp³-hybridized carbons (Fsp3) is 0.565. The number of piperazine rings is 1. The highest BCUT2D eigenvalue weighted by molar-refractivity contribution is 7.89. The Labute approximate surface area is 195 Å². The van der Waals surface area contributed by atoms with Gasteiger partial charge >= 0.3 is 0 Å². The molecule has 9 heteroatoms. The van der Waals surface area contributed by atoms with E-state index < -0.39 is 10.0 Å². The van der Waals surface area contributed by atoms with Crippen molar-refractivity contribution in [1.82, 2.24) is 19.1 Å². The number of rotatable bonds is 6. The largest absolute Gasteiger partial charge is 0.340 e. The van der Waals surface area contributed by atoms with E-state index in [1.807, 2.05) is 24.0 Å². The number of nitrogens with zero attached hydrogens (tertiary/aromatic N) is 4. The van der Waals surface area contributed by atoms with Crippen molar-refractivity contribution in [2.24, 2.45) is 5.92 Å². The Kier molecular flexibility index (Phi) is 7.29. The third kappa shape index (κ3) is 5.22. The predicted octanol–water partition coefficient (Wildman–Crippen LogP) is 2.76. The highest BCUT2D eigenvalue weighted by Crippen LogP contribution is 2.26. The highest BCUT2D eigenvalue weighted by atomic mass is 32.2. The maximum atomic E-state index is 13.1. The average molecular weight is 477 g/mol. The van der Waals surface area contributed by atoms with E-state index in [1.165, 1.54) is 9.31 Å². The molecule has 1 amide bonds. The molecule has 0 radical (unpaired) electrons. The summed E-state index contributed by atoms with van der Waals surface area (Å²) in [4.78, 5) is 22.3. The second-order valence-corrected chi connectivity index (χ2v) is 11.6. The van der Waals surface area contributed by atoms with Crippen LogP contribution in [0.3, 0.4) is 0 Å². The number of hydrogen-bond donors (Lipinski definition) is 0. The van der Waals surface area contributed by atoms with Crippen molar-refractivity contribution >= 4 is 27.3 Å². The minimum Gasteiger partial charge on any atom is -0.340 e. The summed E-state index contributed by atoms with van der Waals surface area (Å²) >= 11 is 1.71. The van der Waals surface area contributed by atoms with Gasteiger partial charge < -0.3 is 4.90 Å². The summed E-state index contributed by atoms with van der Waals surface area (Å²) in [5, 5.41) is 3.30. The molecule has 4 rings (SSSR count). The molecule has 2 saturated heterocycles. The number of benzene rings is 1. The van der Waals surface area contributed by atoms with Crippen LogP contribution in [-0.4, -0.2) is 72.7 Å². The Morgan fingerprint density at radius 2 is 1.72 bits per heavy atom. The van der Waals surface area contributed by atoms with Gasteiger partial charge in [0.1, 0.15) is 0 Å². The van der Waals surface area contributed by atoms with E-state index in [9.17, 15) is 13.2 Å². The van der Waals surface area contributed by atoms with Gasteiger partial charge in [-0.2, -0.15) is 4.31 Å². The molecular formula is C23H32N4O3S2. The van der Waals surface area contributed by atoms with Crippen LogP contribution in [-0.2, 0) is 27.8 Å². The van der Waals surface area contributed by atoms with Crippen LogP contribution in [0.5, 0.6) is 0 Å². The molecule has 0 saturated carbocycles. The van der Waals surface area contributed by atoms with Crippen LogP contribution in [0.1, 0.15) is 36.0 Å². The number of amides is 1. The molecule has 0 bridgehead atoms. The van der Waals surface area contributed by atoms with Gasteiger partial charge in [-0.3, -0.25) is 9.69 Å². The molecule has 1 aromatic carbocycles. The molecule has 174 valence electrons. The monoisotopic (exact) mass is 476 g/mol. The molecule has 0 unspecified atom stereocenters. The molecular weight excluding hydrogens is 444 g/mol. The van der Waals surface area contributed by atoms with Crippen LogP contribution in [0.2, 0.25) is 0 Å². The summed E-state index contributed by atoms with van der Waals surface area (Å²) in [5.41, 5.74) is 2.15. The zero-order chi connectivity index (χ0) is 22.7. The SMILES string of the molecule is CCc1nc(CN2CCN(C(=O)C3CCN(S(=O)(=O)c4ccc(C)cc4)CC3)CC2)cs1. The molecule has 0 atom stereocenters. The van der Waals surface area contributed by atoms with E-state index in [0.717, 1.165) is 50.4 Å². The number of thiazole rings is 1. The maximum absolute atomic E-state index is 13.1. The molecule has 1 aromatic heterocycles. The van der Waals surface area contributed by atoms with Crippen molar-refractivity contribution in [2.75, 3.05) is 39.3 Å². The minimum absolute atomic E-state index is 0.0864. The lowest BCUT2D eigenvalue weighted by molar-refractivity contribution is -0.138. The van der Waals surface area contributed by atoms with Gasteiger partial charge in [0, 0.05) is 57.1 Å². The maximum Gasteiger partial charge on any atom is 0.243 e. The van der Waals surface area contributed by atoms with E-state index in [1.54, 1.807) is 23.5 Å². The molecule has 2 fully saturated rings. The van der Waals surface area contributed by atoms with E-state index in [2.05, 4.69) is 22.2 Å². The second-order valence-electron chi connectivity index (χ2n) is 8.68. The first-order valence-corrected chi connectivity index (χ1v) is 13.7. The first-order valence-electron chi connectivity index (χ1n) is 11.4. The summed E-state index contributed by atoms with van der Waals surface area (Å²) in [6.45, 7) is 8.86. The molecule has 3 heterocycles. The van der Waals surface area contributed by atoms with E-state index >= 15 is 0 Å².